The molecule has 7 nitrogen and oxygen atoms in total. The first-order valence-corrected chi connectivity index (χ1v) is 9.74. The van der Waals surface area contributed by atoms with Crippen LogP contribution in [0, 0.1) is 0 Å². The quantitative estimate of drug-likeness (QED) is 0.416. The third-order valence-electron chi connectivity index (χ3n) is 4.11. The number of rotatable bonds is 6. The second-order valence-corrected chi connectivity index (χ2v) is 7.50. The topological polar surface area (TPSA) is 82.8 Å². The van der Waals surface area contributed by atoms with E-state index in [9.17, 15) is 9.59 Å². The van der Waals surface area contributed by atoms with Crippen LogP contribution in [0.2, 0.25) is 0 Å². The van der Waals surface area contributed by atoms with E-state index < -0.39 is 5.97 Å². The van der Waals surface area contributed by atoms with Crippen LogP contribution in [0.4, 0.5) is 0 Å². The molecule has 0 saturated heterocycles. The molecule has 3 aromatic rings. The van der Waals surface area contributed by atoms with Crippen molar-refractivity contribution in [3.05, 3.63) is 68.7 Å². The molecule has 1 heterocycles. The van der Waals surface area contributed by atoms with E-state index in [1.165, 1.54) is 11.8 Å². The van der Waals surface area contributed by atoms with E-state index >= 15 is 0 Å². The van der Waals surface area contributed by atoms with Crippen molar-refractivity contribution in [3.8, 4) is 5.75 Å². The minimum Gasteiger partial charge on any atom is -0.482 e. The summed E-state index contributed by atoms with van der Waals surface area (Å²) in [7, 11) is 1.30. The molecule has 0 radical (unpaired) electrons. The molecule has 0 unspecified atom stereocenters. The minimum absolute atomic E-state index is 0.00243. The van der Waals surface area contributed by atoms with Crippen molar-refractivity contribution in [2.45, 2.75) is 19.8 Å². The lowest BCUT2D eigenvalue weighted by molar-refractivity contribution is -0.142. The van der Waals surface area contributed by atoms with Crippen molar-refractivity contribution in [2.24, 2.45) is 5.10 Å². The van der Waals surface area contributed by atoms with Crippen molar-refractivity contribution in [3.63, 3.8) is 0 Å². The number of fused-ring (bicyclic) bond motifs is 1. The van der Waals surface area contributed by atoms with Gasteiger partial charge in [-0.3, -0.25) is 4.79 Å². The number of carbonyl (C=O) groups excluding carboxylic acids is 1. The van der Waals surface area contributed by atoms with Gasteiger partial charge in [0.05, 0.1) is 24.2 Å². The Morgan fingerprint density at radius 3 is 2.79 bits per heavy atom. The molecule has 29 heavy (non-hydrogen) atoms. The number of esters is 1. The summed E-state index contributed by atoms with van der Waals surface area (Å²) in [6.07, 6.45) is 1.56. The van der Waals surface area contributed by atoms with Gasteiger partial charge in [-0.15, -0.1) is 0 Å². The van der Waals surface area contributed by atoms with Gasteiger partial charge in [0.2, 0.25) is 0 Å². The van der Waals surface area contributed by atoms with E-state index in [1.54, 1.807) is 30.5 Å². The summed E-state index contributed by atoms with van der Waals surface area (Å²) in [6, 6.07) is 12.4. The molecule has 8 heteroatoms. The summed E-state index contributed by atoms with van der Waals surface area (Å²) in [5.41, 5.74) is 1.10. The maximum Gasteiger partial charge on any atom is 0.343 e. The summed E-state index contributed by atoms with van der Waals surface area (Å²) in [5.74, 6) is 0.601. The Morgan fingerprint density at radius 1 is 1.28 bits per heavy atom. The highest BCUT2D eigenvalue weighted by atomic mass is 79.9. The van der Waals surface area contributed by atoms with Gasteiger partial charge < -0.3 is 9.47 Å². The van der Waals surface area contributed by atoms with Gasteiger partial charge in [0.1, 0.15) is 11.6 Å². The van der Waals surface area contributed by atoms with Gasteiger partial charge >= 0.3 is 5.97 Å². The summed E-state index contributed by atoms with van der Waals surface area (Å²) in [4.78, 5) is 28.9. The number of nitrogens with zero attached hydrogens (tertiary/aromatic N) is 3. The zero-order valence-electron chi connectivity index (χ0n) is 16.3. The minimum atomic E-state index is -0.467. The van der Waals surface area contributed by atoms with Crippen LogP contribution in [0.25, 0.3) is 10.9 Å². The molecule has 0 aliphatic carbocycles. The number of carbonyl (C=O) groups is 1. The second kappa shape index (κ2) is 9.00. The SMILES string of the molecule is COC(=O)COc1cccc(C=Nn2c(C(C)C)nc3ccc(Br)cc3c2=O)c1. The van der Waals surface area contributed by atoms with Crippen LogP contribution >= 0.6 is 15.9 Å². The monoisotopic (exact) mass is 457 g/mol. The zero-order chi connectivity index (χ0) is 21.0. The van der Waals surface area contributed by atoms with E-state index in [0.717, 1.165) is 4.47 Å². The average Bonchev–Trinajstić information content (AvgIpc) is 2.71. The Hall–Kier alpha value is -3.00. The van der Waals surface area contributed by atoms with E-state index in [-0.39, 0.29) is 18.1 Å². The smallest absolute Gasteiger partial charge is 0.343 e. The Balaban J connectivity index is 1.98. The third kappa shape index (κ3) is 4.89. The van der Waals surface area contributed by atoms with Gasteiger partial charge in [0, 0.05) is 10.4 Å². The molecule has 0 aliphatic rings. The van der Waals surface area contributed by atoms with Crippen LogP contribution in [0.15, 0.2) is 56.8 Å². The summed E-state index contributed by atoms with van der Waals surface area (Å²) >= 11 is 3.39. The van der Waals surface area contributed by atoms with Crippen molar-refractivity contribution in [1.82, 2.24) is 9.66 Å². The van der Waals surface area contributed by atoms with Crippen molar-refractivity contribution >= 4 is 39.0 Å². The van der Waals surface area contributed by atoms with Crippen LogP contribution in [0.3, 0.4) is 0 Å². The first-order chi connectivity index (χ1) is 13.9. The molecule has 0 atom stereocenters. The van der Waals surface area contributed by atoms with Crippen molar-refractivity contribution < 1.29 is 14.3 Å². The molecule has 2 aromatic carbocycles. The maximum absolute atomic E-state index is 13.0. The fourth-order valence-corrected chi connectivity index (χ4v) is 3.02. The predicted octanol–water partition coefficient (Wildman–Crippen LogP) is 3.72. The Bertz CT molecular complexity index is 1140. The molecule has 0 amide bonds. The van der Waals surface area contributed by atoms with Gasteiger partial charge in [-0.25, -0.2) is 9.78 Å². The number of methoxy groups -OCH3 is 1. The highest BCUT2D eigenvalue weighted by Gasteiger charge is 2.13. The number of hydrogen-bond donors (Lipinski definition) is 0. The number of ether oxygens (including phenoxy) is 2. The molecule has 0 aliphatic heterocycles. The van der Waals surface area contributed by atoms with Gasteiger partial charge in [0.15, 0.2) is 6.61 Å². The van der Waals surface area contributed by atoms with Crippen molar-refractivity contribution in [2.75, 3.05) is 13.7 Å². The van der Waals surface area contributed by atoms with Crippen molar-refractivity contribution in [1.29, 1.82) is 0 Å². The van der Waals surface area contributed by atoms with Crippen LogP contribution in [-0.4, -0.2) is 35.6 Å². The van der Waals surface area contributed by atoms with E-state index in [1.807, 2.05) is 32.0 Å². The molecular formula is C21H20BrN3O4. The van der Waals surface area contributed by atoms with Gasteiger partial charge in [0.25, 0.3) is 5.56 Å². The highest BCUT2D eigenvalue weighted by molar-refractivity contribution is 9.10. The molecule has 3 rings (SSSR count). The summed E-state index contributed by atoms with van der Waals surface area (Å²) in [6.45, 7) is 3.73. The van der Waals surface area contributed by atoms with Crippen LogP contribution in [0.5, 0.6) is 5.75 Å². The molecule has 1 aromatic heterocycles. The molecule has 0 spiro atoms. The maximum atomic E-state index is 13.0. The fourth-order valence-electron chi connectivity index (χ4n) is 2.66. The van der Waals surface area contributed by atoms with E-state index in [2.05, 4.69) is 30.8 Å². The zero-order valence-corrected chi connectivity index (χ0v) is 17.8. The molecule has 150 valence electrons. The fraction of sp³-hybridized carbons (Fsp3) is 0.238. The van der Waals surface area contributed by atoms with Gasteiger partial charge in [-0.05, 0) is 35.9 Å². The highest BCUT2D eigenvalue weighted by Crippen LogP contribution is 2.19. The average molecular weight is 458 g/mol. The van der Waals surface area contributed by atoms with Crippen LogP contribution in [-0.2, 0) is 9.53 Å². The number of aromatic nitrogens is 2. The van der Waals surface area contributed by atoms with Crippen LogP contribution in [0.1, 0.15) is 31.2 Å². The number of halogens is 1. The number of benzene rings is 2. The third-order valence-corrected chi connectivity index (χ3v) is 4.61. The standard InChI is InChI=1S/C21H20BrN3O4/c1-13(2)20-24-18-8-7-15(22)10-17(18)21(27)25(20)23-11-14-5-4-6-16(9-14)29-12-19(26)28-3/h4-11,13H,12H2,1-3H3. The predicted molar refractivity (Wildman–Crippen MR) is 115 cm³/mol. The second-order valence-electron chi connectivity index (χ2n) is 6.58. The summed E-state index contributed by atoms with van der Waals surface area (Å²) < 4.78 is 12.1. The molecule has 0 saturated carbocycles. The largest absolute Gasteiger partial charge is 0.482 e. The Kier molecular flexibility index (Phi) is 6.43. The Morgan fingerprint density at radius 2 is 2.07 bits per heavy atom. The number of hydrogen-bond acceptors (Lipinski definition) is 6. The summed E-state index contributed by atoms with van der Waals surface area (Å²) in [5, 5.41) is 4.87. The molecular weight excluding hydrogens is 438 g/mol. The van der Waals surface area contributed by atoms with E-state index in [4.69, 9.17) is 4.74 Å². The van der Waals surface area contributed by atoms with Crippen LogP contribution < -0.4 is 10.3 Å². The lowest BCUT2D eigenvalue weighted by Gasteiger charge is -2.12. The molecule has 0 N–H and O–H groups in total. The molecule has 0 fully saturated rings. The molecule has 0 bridgehead atoms. The first-order valence-electron chi connectivity index (χ1n) is 8.95. The van der Waals surface area contributed by atoms with Gasteiger partial charge in [-0.1, -0.05) is 41.9 Å². The normalized spacial score (nSPS) is 11.3. The lowest BCUT2D eigenvalue weighted by atomic mass is 10.2. The van der Waals surface area contributed by atoms with E-state index in [0.29, 0.717) is 28.0 Å². The van der Waals surface area contributed by atoms with Gasteiger partial charge in [-0.2, -0.15) is 9.78 Å². The lowest BCUT2D eigenvalue weighted by Crippen LogP contribution is -2.23. The first kappa shape index (κ1) is 20.7. The Labute approximate surface area is 176 Å².